The molecule has 0 aliphatic carbocycles. The summed E-state index contributed by atoms with van der Waals surface area (Å²) in [5.41, 5.74) is 0. The molecule has 9 unspecified atom stereocenters. The monoisotopic (exact) mass is 833 g/mol. The third-order valence-electron chi connectivity index (χ3n) is 8.91. The third kappa shape index (κ3) is 19.7. The summed E-state index contributed by atoms with van der Waals surface area (Å²) in [5.74, 6) is -12.2. The van der Waals surface area contributed by atoms with Gasteiger partial charge in [-0.3, -0.25) is 43.2 Å². The van der Waals surface area contributed by atoms with Gasteiger partial charge in [0.05, 0.1) is 69.5 Å². The van der Waals surface area contributed by atoms with Gasteiger partial charge >= 0.3 is 0 Å². The first-order valence-electron chi connectivity index (χ1n) is 18.6. The van der Waals surface area contributed by atoms with Gasteiger partial charge in [0.15, 0.2) is 23.1 Å². The van der Waals surface area contributed by atoms with Crippen molar-refractivity contribution in [2.75, 3.05) is 39.6 Å². The van der Waals surface area contributed by atoms with Crippen LogP contribution in [0.5, 0.6) is 0 Å². The first-order chi connectivity index (χ1) is 27.2. The van der Waals surface area contributed by atoms with E-state index in [0.717, 1.165) is 0 Å². The summed E-state index contributed by atoms with van der Waals surface area (Å²) in [6.45, 7) is 0.425. The van der Waals surface area contributed by atoms with E-state index in [0.29, 0.717) is 0 Å². The molecule has 330 valence electrons. The van der Waals surface area contributed by atoms with Gasteiger partial charge in [-0.15, -0.1) is 0 Å². The van der Waals surface area contributed by atoms with Crippen LogP contribution in [-0.2, 0) is 47.9 Å². The van der Waals surface area contributed by atoms with Crippen molar-refractivity contribution in [2.24, 2.45) is 17.8 Å². The van der Waals surface area contributed by atoms with Crippen LogP contribution in [0.15, 0.2) is 0 Å². The quantitative estimate of drug-likeness (QED) is 0.0310. The SMILES string of the molecule is CC(=O)CC(CO)C(=O)NC(C)C(=O)CC(C(=O)NC(CO)C(=O)CC(CO)C(=O)NC(CO)C(=O)CCC(=O)NC(CO)C(=O)CCC(=O)NC(C)CO)C(C)O. The van der Waals surface area contributed by atoms with Crippen LogP contribution in [0.2, 0.25) is 0 Å². The lowest BCUT2D eigenvalue weighted by Gasteiger charge is -2.25. The third-order valence-corrected chi connectivity index (χ3v) is 8.91. The number of Topliss-reactive ketones (excluding diaryl/α,β-unsaturated/α-hetero) is 5. The summed E-state index contributed by atoms with van der Waals surface area (Å²) < 4.78 is 0. The Morgan fingerprint density at radius 2 is 0.879 bits per heavy atom. The van der Waals surface area contributed by atoms with Crippen molar-refractivity contribution in [3.63, 3.8) is 0 Å². The lowest BCUT2D eigenvalue weighted by atomic mass is 9.92. The smallest absolute Gasteiger partial charge is 0.226 e. The average molecular weight is 834 g/mol. The highest BCUT2D eigenvalue weighted by Crippen LogP contribution is 2.15. The molecule has 0 saturated carbocycles. The Morgan fingerprint density at radius 1 is 0.448 bits per heavy atom. The van der Waals surface area contributed by atoms with Crippen molar-refractivity contribution in [1.82, 2.24) is 26.6 Å². The summed E-state index contributed by atoms with van der Waals surface area (Å²) in [6, 6.07) is -6.48. The molecule has 0 fully saturated rings. The highest BCUT2D eigenvalue weighted by molar-refractivity contribution is 5.98. The van der Waals surface area contributed by atoms with Crippen molar-refractivity contribution in [3.05, 3.63) is 0 Å². The zero-order valence-corrected chi connectivity index (χ0v) is 33.1. The van der Waals surface area contributed by atoms with Gasteiger partial charge in [0.2, 0.25) is 29.5 Å². The fourth-order valence-electron chi connectivity index (χ4n) is 5.23. The minimum atomic E-state index is -1.70. The molecule has 58 heavy (non-hydrogen) atoms. The number of hydrogen-bond donors (Lipinski definition) is 12. The van der Waals surface area contributed by atoms with Gasteiger partial charge in [0.25, 0.3) is 0 Å². The molecular formula is C36H59N5O17. The molecular weight excluding hydrogens is 774 g/mol. The Kier molecular flexibility index (Phi) is 25.7. The average Bonchev–Trinajstić information content (AvgIpc) is 3.18. The topological polar surface area (TPSA) is 372 Å². The Bertz CT molecular complexity index is 1440. The molecule has 0 aliphatic rings. The number of carbonyl (C=O) groups is 10. The lowest BCUT2D eigenvalue weighted by molar-refractivity contribution is -0.138. The first kappa shape index (κ1) is 53.4. The number of rotatable bonds is 31. The minimum Gasteiger partial charge on any atom is -0.396 e. The van der Waals surface area contributed by atoms with Crippen LogP contribution in [-0.4, -0.2) is 170 Å². The van der Waals surface area contributed by atoms with Crippen LogP contribution in [0.1, 0.15) is 72.6 Å². The zero-order chi connectivity index (χ0) is 44.7. The largest absolute Gasteiger partial charge is 0.396 e. The molecule has 0 heterocycles. The Hall–Kier alpha value is -4.58. The summed E-state index contributed by atoms with van der Waals surface area (Å²) in [5, 5.41) is 78.9. The van der Waals surface area contributed by atoms with Crippen LogP contribution in [0.25, 0.3) is 0 Å². The number of carbonyl (C=O) groups excluding carboxylic acids is 10. The second kappa shape index (κ2) is 27.9. The Balaban J connectivity index is 5.33. The molecule has 0 aliphatic heterocycles. The van der Waals surface area contributed by atoms with Gasteiger partial charge in [-0.25, -0.2) is 0 Å². The molecule has 0 rings (SSSR count). The molecule has 12 N–H and O–H groups in total. The second-order valence-corrected chi connectivity index (χ2v) is 14.0. The maximum absolute atomic E-state index is 13.1. The van der Waals surface area contributed by atoms with Gasteiger partial charge in [-0.1, -0.05) is 0 Å². The van der Waals surface area contributed by atoms with Gasteiger partial charge in [-0.2, -0.15) is 0 Å². The van der Waals surface area contributed by atoms with Crippen molar-refractivity contribution in [1.29, 1.82) is 0 Å². The number of aliphatic hydroxyl groups is 7. The summed E-state index contributed by atoms with van der Waals surface area (Å²) >= 11 is 0. The molecule has 0 aromatic rings. The Labute approximate surface area is 334 Å². The summed E-state index contributed by atoms with van der Waals surface area (Å²) in [6.07, 6.45) is -4.99. The van der Waals surface area contributed by atoms with E-state index in [4.69, 9.17) is 5.11 Å². The van der Waals surface area contributed by atoms with E-state index in [1.807, 2.05) is 0 Å². The molecule has 0 aromatic carbocycles. The van der Waals surface area contributed by atoms with E-state index >= 15 is 0 Å². The minimum absolute atomic E-state index is 0.282. The number of ketones is 5. The van der Waals surface area contributed by atoms with E-state index in [9.17, 15) is 78.6 Å². The van der Waals surface area contributed by atoms with E-state index in [2.05, 4.69) is 26.6 Å². The van der Waals surface area contributed by atoms with Crippen LogP contribution < -0.4 is 26.6 Å². The van der Waals surface area contributed by atoms with E-state index < -0.39 is 165 Å². The zero-order valence-electron chi connectivity index (χ0n) is 33.1. The molecule has 0 bridgehead atoms. The molecule has 9 atom stereocenters. The Morgan fingerprint density at radius 3 is 1.33 bits per heavy atom. The normalized spacial score (nSPS) is 15.8. The second-order valence-electron chi connectivity index (χ2n) is 14.0. The number of nitrogens with one attached hydrogen (secondary N) is 5. The molecule has 0 spiro atoms. The van der Waals surface area contributed by atoms with Crippen LogP contribution in [0, 0.1) is 17.8 Å². The molecule has 0 radical (unpaired) electrons. The van der Waals surface area contributed by atoms with Crippen LogP contribution in [0.3, 0.4) is 0 Å². The predicted octanol–water partition coefficient (Wildman–Crippen LogP) is -5.77. The fourth-order valence-corrected chi connectivity index (χ4v) is 5.23. The summed E-state index contributed by atoms with van der Waals surface area (Å²) in [4.78, 5) is 125. The number of amides is 5. The maximum atomic E-state index is 13.1. The van der Waals surface area contributed by atoms with Crippen molar-refractivity contribution < 1.29 is 83.7 Å². The standard InChI is InChI=1S/C36H59N5O17/c1-18(12-42)37-32(54)7-5-28(50)25(15-45)39-33(55)8-6-29(51)26(16-46)40-35(57)23(14-44)10-31(53)27(17-47)41-36(58)24(21(4)49)11-30(52)20(3)38-34(56)22(13-43)9-19(2)48/h18,20-27,42-47,49H,5-17H2,1-4H3,(H,37,54)(H,38,56)(H,39,55)(H,40,57)(H,41,58). The van der Waals surface area contributed by atoms with E-state index in [1.54, 1.807) is 0 Å². The lowest BCUT2D eigenvalue weighted by Crippen LogP contribution is -2.51. The van der Waals surface area contributed by atoms with Crippen molar-refractivity contribution >= 4 is 58.5 Å². The van der Waals surface area contributed by atoms with Crippen molar-refractivity contribution in [2.45, 2.75) is 109 Å². The van der Waals surface area contributed by atoms with Gasteiger partial charge in [0, 0.05) is 51.0 Å². The molecule has 22 nitrogen and oxygen atoms in total. The molecule has 0 aromatic heterocycles. The van der Waals surface area contributed by atoms with Crippen LogP contribution in [0.4, 0.5) is 0 Å². The molecule has 5 amide bonds. The number of hydrogen-bond acceptors (Lipinski definition) is 17. The molecule has 0 saturated heterocycles. The van der Waals surface area contributed by atoms with Gasteiger partial charge < -0.3 is 67.1 Å². The predicted molar refractivity (Wildman–Crippen MR) is 199 cm³/mol. The van der Waals surface area contributed by atoms with E-state index in [1.165, 1.54) is 27.7 Å². The highest BCUT2D eigenvalue weighted by Gasteiger charge is 2.34. The van der Waals surface area contributed by atoms with Crippen LogP contribution >= 0.6 is 0 Å². The van der Waals surface area contributed by atoms with E-state index in [-0.39, 0.29) is 31.7 Å². The van der Waals surface area contributed by atoms with Crippen molar-refractivity contribution in [3.8, 4) is 0 Å². The maximum Gasteiger partial charge on any atom is 0.226 e. The highest BCUT2D eigenvalue weighted by atomic mass is 16.3. The summed E-state index contributed by atoms with van der Waals surface area (Å²) in [7, 11) is 0. The number of aliphatic hydroxyl groups excluding tert-OH is 7. The van der Waals surface area contributed by atoms with Gasteiger partial charge in [0.1, 0.15) is 23.9 Å². The molecule has 22 heteroatoms. The van der Waals surface area contributed by atoms with Gasteiger partial charge in [-0.05, 0) is 27.7 Å². The first-order valence-corrected chi connectivity index (χ1v) is 18.6. The fraction of sp³-hybridized carbons (Fsp3) is 0.722.